The molecule has 1 aromatic rings. The van der Waals surface area contributed by atoms with Crippen molar-refractivity contribution in [3.05, 3.63) is 34.9 Å². The lowest BCUT2D eigenvalue weighted by Crippen LogP contribution is -2.14. The third kappa shape index (κ3) is 4.08. The molecule has 0 saturated carbocycles. The van der Waals surface area contributed by atoms with Crippen LogP contribution in [0.1, 0.15) is 28.4 Å². The smallest absolute Gasteiger partial charge is 0.338 e. The predicted molar refractivity (Wildman–Crippen MR) is 71.1 cm³/mol. The number of benzene rings is 1. The highest BCUT2D eigenvalue weighted by Crippen LogP contribution is 2.18. The third-order valence-corrected chi connectivity index (χ3v) is 2.82. The fraction of sp³-hybridized carbons (Fsp3) is 0.357. The maximum absolute atomic E-state index is 12.0. The maximum Gasteiger partial charge on any atom is 0.338 e. The minimum atomic E-state index is -0.509. The Morgan fingerprint density at radius 3 is 2.63 bits per heavy atom. The van der Waals surface area contributed by atoms with Crippen LogP contribution in [-0.4, -0.2) is 24.2 Å². The first-order valence-corrected chi connectivity index (χ1v) is 6.40. The molecule has 0 atom stereocenters. The predicted octanol–water partition coefficient (Wildman–Crippen LogP) is 2.28. The molecule has 0 aliphatic rings. The van der Waals surface area contributed by atoms with Crippen LogP contribution in [0.4, 0.5) is 0 Å². The second-order valence-corrected chi connectivity index (χ2v) is 4.12. The van der Waals surface area contributed by atoms with Crippen molar-refractivity contribution in [3.8, 4) is 6.07 Å². The zero-order chi connectivity index (χ0) is 14.3. The topological polar surface area (TPSA) is 67.2 Å². The van der Waals surface area contributed by atoms with Crippen molar-refractivity contribution in [3.63, 3.8) is 0 Å². The summed E-state index contributed by atoms with van der Waals surface area (Å²) >= 11 is 5.48. The van der Waals surface area contributed by atoms with Crippen LogP contribution in [0.2, 0.25) is 0 Å². The Bertz CT molecular complexity index is 520. The lowest BCUT2D eigenvalue weighted by Gasteiger charge is -2.11. The van der Waals surface area contributed by atoms with E-state index in [-0.39, 0.29) is 31.1 Å². The molecule has 0 spiro atoms. The fourth-order valence-corrected chi connectivity index (χ4v) is 1.85. The average molecular weight is 280 g/mol. The summed E-state index contributed by atoms with van der Waals surface area (Å²) in [6.07, 6.45) is 0.161. The van der Waals surface area contributed by atoms with Gasteiger partial charge in [-0.05, 0) is 18.1 Å². The molecular weight excluding hydrogens is 266 g/mol. The van der Waals surface area contributed by atoms with E-state index in [4.69, 9.17) is 21.6 Å². The Kier molecular flexibility index (Phi) is 6.04. The van der Waals surface area contributed by atoms with Crippen LogP contribution in [0.3, 0.4) is 0 Å². The molecular formula is C14H14ClNO3. The number of ether oxygens (including phenoxy) is 1. The molecule has 5 heteroatoms. The molecule has 0 heterocycles. The van der Waals surface area contributed by atoms with Gasteiger partial charge >= 0.3 is 5.97 Å². The summed E-state index contributed by atoms with van der Waals surface area (Å²) in [7, 11) is 0. The molecule has 1 aromatic carbocycles. The molecule has 19 heavy (non-hydrogen) atoms. The summed E-state index contributed by atoms with van der Waals surface area (Å²) in [5.41, 5.74) is 1.43. The first kappa shape index (κ1) is 15.2. The van der Waals surface area contributed by atoms with Gasteiger partial charge < -0.3 is 4.74 Å². The number of hydrogen-bond donors (Lipinski definition) is 0. The molecule has 0 aromatic heterocycles. The molecule has 0 aliphatic heterocycles. The van der Waals surface area contributed by atoms with Gasteiger partial charge in [0, 0.05) is 6.42 Å². The largest absolute Gasteiger partial charge is 0.462 e. The van der Waals surface area contributed by atoms with Crippen LogP contribution in [0, 0.1) is 11.3 Å². The third-order valence-electron chi connectivity index (χ3n) is 2.52. The van der Waals surface area contributed by atoms with Crippen LogP contribution in [0.5, 0.6) is 0 Å². The first-order chi connectivity index (χ1) is 9.13. The Labute approximate surface area is 116 Å². The number of carbonyl (C=O) groups is 2. The number of alkyl halides is 1. The number of nitrogens with zero attached hydrogens (tertiary/aromatic N) is 1. The lowest BCUT2D eigenvalue weighted by molar-refractivity contribution is -0.116. The van der Waals surface area contributed by atoms with Gasteiger partial charge in [0.2, 0.25) is 0 Å². The number of ketones is 1. The van der Waals surface area contributed by atoms with E-state index in [1.807, 2.05) is 6.07 Å². The number of rotatable bonds is 6. The van der Waals surface area contributed by atoms with Crippen LogP contribution >= 0.6 is 11.6 Å². The van der Waals surface area contributed by atoms with E-state index < -0.39 is 5.97 Å². The zero-order valence-corrected chi connectivity index (χ0v) is 11.4. The first-order valence-electron chi connectivity index (χ1n) is 5.86. The highest BCUT2D eigenvalue weighted by molar-refractivity contribution is 6.27. The van der Waals surface area contributed by atoms with E-state index in [1.165, 1.54) is 0 Å². The molecule has 0 radical (unpaired) electrons. The van der Waals surface area contributed by atoms with Crippen molar-refractivity contribution in [2.24, 2.45) is 0 Å². The summed E-state index contributed by atoms with van der Waals surface area (Å²) < 4.78 is 4.98. The van der Waals surface area contributed by atoms with E-state index in [0.29, 0.717) is 16.7 Å². The summed E-state index contributed by atoms with van der Waals surface area (Å²) in [5, 5.41) is 8.78. The Morgan fingerprint density at radius 2 is 2.05 bits per heavy atom. The monoisotopic (exact) mass is 279 g/mol. The maximum atomic E-state index is 12.0. The number of Topliss-reactive ketones (excluding diaryl/α,β-unsaturated/α-hetero) is 1. The molecule has 0 aliphatic carbocycles. The quantitative estimate of drug-likeness (QED) is 0.592. The van der Waals surface area contributed by atoms with Crippen molar-refractivity contribution in [2.45, 2.75) is 19.8 Å². The normalized spacial score (nSPS) is 9.74. The highest BCUT2D eigenvalue weighted by Gasteiger charge is 2.18. The van der Waals surface area contributed by atoms with Crippen LogP contribution in [0.25, 0.3) is 0 Å². The van der Waals surface area contributed by atoms with Crippen molar-refractivity contribution in [1.29, 1.82) is 5.26 Å². The van der Waals surface area contributed by atoms with Gasteiger partial charge in [0.1, 0.15) is 0 Å². The van der Waals surface area contributed by atoms with Crippen molar-refractivity contribution in [1.82, 2.24) is 0 Å². The average Bonchev–Trinajstić information content (AvgIpc) is 2.39. The summed E-state index contributed by atoms with van der Waals surface area (Å²) in [6, 6.07) is 7.07. The Hall–Kier alpha value is -1.86. The van der Waals surface area contributed by atoms with Crippen LogP contribution < -0.4 is 0 Å². The SMILES string of the molecule is CCOC(=O)c1c(CC#N)cccc1CC(=O)CCl. The Morgan fingerprint density at radius 1 is 1.37 bits per heavy atom. The summed E-state index contributed by atoms with van der Waals surface area (Å²) in [5.74, 6) is -0.794. The van der Waals surface area contributed by atoms with Gasteiger partial charge in [0.25, 0.3) is 0 Å². The van der Waals surface area contributed by atoms with Gasteiger partial charge in [-0.2, -0.15) is 5.26 Å². The highest BCUT2D eigenvalue weighted by atomic mass is 35.5. The molecule has 0 saturated heterocycles. The Balaban J connectivity index is 3.21. The molecule has 0 amide bonds. The van der Waals surface area contributed by atoms with Gasteiger partial charge in [-0.15, -0.1) is 11.6 Å². The summed E-state index contributed by atoms with van der Waals surface area (Å²) in [4.78, 5) is 23.4. The fourth-order valence-electron chi connectivity index (χ4n) is 1.76. The van der Waals surface area contributed by atoms with Crippen molar-refractivity contribution < 1.29 is 14.3 Å². The van der Waals surface area contributed by atoms with Gasteiger partial charge in [-0.25, -0.2) is 4.79 Å². The van der Waals surface area contributed by atoms with Gasteiger partial charge in [0.15, 0.2) is 5.78 Å². The molecule has 1 rings (SSSR count). The molecule has 0 unspecified atom stereocenters. The second kappa shape index (κ2) is 7.55. The molecule has 100 valence electrons. The standard InChI is InChI=1S/C14H14ClNO3/c1-2-19-14(18)13-10(6-7-16)4-3-5-11(13)8-12(17)9-15/h3-5H,2,6,8-9H2,1H3. The second-order valence-electron chi connectivity index (χ2n) is 3.86. The molecule has 0 fully saturated rings. The number of carbonyl (C=O) groups excluding carboxylic acids is 2. The van der Waals surface area contributed by atoms with Gasteiger partial charge in [-0.3, -0.25) is 4.79 Å². The van der Waals surface area contributed by atoms with Crippen LogP contribution in [0.15, 0.2) is 18.2 Å². The van der Waals surface area contributed by atoms with E-state index in [9.17, 15) is 9.59 Å². The van der Waals surface area contributed by atoms with E-state index in [0.717, 1.165) is 0 Å². The minimum absolute atomic E-state index is 0.0664. The van der Waals surface area contributed by atoms with E-state index in [1.54, 1.807) is 25.1 Å². The molecule has 4 nitrogen and oxygen atoms in total. The van der Waals surface area contributed by atoms with Crippen molar-refractivity contribution in [2.75, 3.05) is 12.5 Å². The number of nitriles is 1. The number of esters is 1. The zero-order valence-electron chi connectivity index (χ0n) is 10.6. The molecule has 0 bridgehead atoms. The van der Waals surface area contributed by atoms with E-state index >= 15 is 0 Å². The van der Waals surface area contributed by atoms with Crippen LogP contribution in [-0.2, 0) is 22.4 Å². The molecule has 0 N–H and O–H groups in total. The van der Waals surface area contributed by atoms with Gasteiger partial charge in [0.05, 0.1) is 30.5 Å². The number of hydrogen-bond acceptors (Lipinski definition) is 4. The van der Waals surface area contributed by atoms with Gasteiger partial charge in [-0.1, -0.05) is 18.2 Å². The minimum Gasteiger partial charge on any atom is -0.462 e. The van der Waals surface area contributed by atoms with Crippen molar-refractivity contribution >= 4 is 23.4 Å². The summed E-state index contributed by atoms with van der Waals surface area (Å²) in [6.45, 7) is 1.94. The number of halogens is 1. The van der Waals surface area contributed by atoms with E-state index in [2.05, 4.69) is 0 Å². The lowest BCUT2D eigenvalue weighted by atomic mass is 9.96.